The van der Waals surface area contributed by atoms with Gasteiger partial charge in [-0.15, -0.1) is 0 Å². The zero-order valence-electron chi connectivity index (χ0n) is 17.9. The van der Waals surface area contributed by atoms with Gasteiger partial charge in [-0.05, 0) is 50.1 Å². The maximum Gasteiger partial charge on any atom is 0.253 e. The number of rotatable bonds is 4. The molecule has 1 amide bonds. The Morgan fingerprint density at radius 2 is 1.84 bits per heavy atom. The molecule has 4 aromatic rings. The summed E-state index contributed by atoms with van der Waals surface area (Å²) in [4.78, 5) is 21.8. The first-order valence-electron chi connectivity index (χ1n) is 10.4. The van der Waals surface area contributed by atoms with E-state index in [9.17, 15) is 13.6 Å². The zero-order chi connectivity index (χ0) is 22.6. The van der Waals surface area contributed by atoms with E-state index >= 15 is 0 Å². The Labute approximate surface area is 183 Å². The lowest BCUT2D eigenvalue weighted by Crippen LogP contribution is -2.28. The molecule has 1 aliphatic heterocycles. The van der Waals surface area contributed by atoms with Crippen LogP contribution in [0.25, 0.3) is 16.9 Å². The molecule has 1 N–H and O–H groups in total. The lowest BCUT2D eigenvalue weighted by Gasteiger charge is -2.17. The largest absolute Gasteiger partial charge is 0.309 e. The van der Waals surface area contributed by atoms with Gasteiger partial charge in [-0.1, -0.05) is 25.1 Å². The van der Waals surface area contributed by atoms with Crippen molar-refractivity contribution in [3.63, 3.8) is 0 Å². The van der Waals surface area contributed by atoms with Gasteiger partial charge in [0.25, 0.3) is 5.95 Å². The van der Waals surface area contributed by atoms with Crippen LogP contribution in [-0.4, -0.2) is 25.7 Å². The highest BCUT2D eigenvalue weighted by Gasteiger charge is 2.42. The molecule has 0 aliphatic carbocycles. The summed E-state index contributed by atoms with van der Waals surface area (Å²) in [6.07, 6.45) is 0.793. The molecule has 2 aromatic heterocycles. The van der Waals surface area contributed by atoms with Gasteiger partial charge < -0.3 is 5.32 Å². The van der Waals surface area contributed by atoms with E-state index in [-0.39, 0.29) is 24.1 Å². The average Bonchev–Trinajstić information content (AvgIpc) is 3.23. The van der Waals surface area contributed by atoms with Gasteiger partial charge in [0.05, 0.1) is 22.3 Å². The summed E-state index contributed by atoms with van der Waals surface area (Å²) in [7, 11) is 0. The number of aromatic nitrogens is 4. The molecule has 0 saturated heterocycles. The van der Waals surface area contributed by atoms with Crippen LogP contribution in [0.5, 0.6) is 0 Å². The third-order valence-electron chi connectivity index (χ3n) is 5.96. The van der Waals surface area contributed by atoms with E-state index in [2.05, 4.69) is 15.4 Å². The van der Waals surface area contributed by atoms with Crippen molar-refractivity contribution in [3.05, 3.63) is 76.6 Å². The second-order valence-electron chi connectivity index (χ2n) is 8.41. The van der Waals surface area contributed by atoms with E-state index in [4.69, 9.17) is 4.98 Å². The van der Waals surface area contributed by atoms with Crippen LogP contribution in [0.4, 0.5) is 14.6 Å². The van der Waals surface area contributed by atoms with Gasteiger partial charge in [-0.3, -0.25) is 4.79 Å². The predicted molar refractivity (Wildman–Crippen MR) is 117 cm³/mol. The van der Waals surface area contributed by atoms with Crippen LogP contribution in [0.3, 0.4) is 0 Å². The van der Waals surface area contributed by atoms with Crippen molar-refractivity contribution in [1.82, 2.24) is 19.7 Å². The fourth-order valence-electron chi connectivity index (χ4n) is 4.23. The minimum Gasteiger partial charge on any atom is -0.309 e. The smallest absolute Gasteiger partial charge is 0.253 e. The number of fused-ring (bicyclic) bond motifs is 2. The number of hydrogen-bond donors (Lipinski definition) is 1. The van der Waals surface area contributed by atoms with Gasteiger partial charge in [0.2, 0.25) is 5.91 Å². The first kappa shape index (κ1) is 20.2. The van der Waals surface area contributed by atoms with Crippen molar-refractivity contribution < 1.29 is 13.6 Å². The van der Waals surface area contributed by atoms with Gasteiger partial charge in [-0.25, -0.2) is 13.8 Å². The normalized spacial score (nSPS) is 14.6. The molecule has 0 saturated carbocycles. The number of hydrogen-bond acceptors (Lipinski definition) is 4. The van der Waals surface area contributed by atoms with Gasteiger partial charge in [-0.2, -0.15) is 14.8 Å². The second kappa shape index (κ2) is 7.19. The number of nitrogens with one attached hydrogen (secondary N) is 1. The SMILES string of the molecule is CCc1nc(-n2nc(Cc3ccccc3F)c3cc(F)ccc32)nc2c1C(C)(C)C(=O)N2. The lowest BCUT2D eigenvalue weighted by molar-refractivity contribution is -0.119. The predicted octanol–water partition coefficient (Wildman–Crippen LogP) is 4.48. The number of aryl methyl sites for hydroxylation is 1. The van der Waals surface area contributed by atoms with Crippen LogP contribution >= 0.6 is 0 Å². The Kier molecular flexibility index (Phi) is 4.54. The molecular weight excluding hydrogens is 412 g/mol. The van der Waals surface area contributed by atoms with E-state index in [0.717, 1.165) is 11.3 Å². The van der Waals surface area contributed by atoms with Crippen molar-refractivity contribution in [1.29, 1.82) is 0 Å². The fraction of sp³-hybridized carbons (Fsp3) is 0.250. The Hall–Kier alpha value is -3.68. The summed E-state index contributed by atoms with van der Waals surface area (Å²) in [6.45, 7) is 5.65. The van der Waals surface area contributed by atoms with Crippen molar-refractivity contribution in [2.24, 2.45) is 0 Å². The quantitative estimate of drug-likeness (QED) is 0.515. The van der Waals surface area contributed by atoms with Crippen LogP contribution in [0.2, 0.25) is 0 Å². The van der Waals surface area contributed by atoms with E-state index in [1.165, 1.54) is 22.9 Å². The first-order valence-corrected chi connectivity index (χ1v) is 10.4. The highest BCUT2D eigenvalue weighted by molar-refractivity contribution is 6.05. The molecule has 5 rings (SSSR count). The molecule has 0 atom stereocenters. The van der Waals surface area contributed by atoms with Crippen LogP contribution in [0, 0.1) is 11.6 Å². The second-order valence-corrected chi connectivity index (χ2v) is 8.41. The molecule has 0 fully saturated rings. The highest BCUT2D eigenvalue weighted by Crippen LogP contribution is 2.38. The number of halogens is 2. The lowest BCUT2D eigenvalue weighted by atomic mass is 9.85. The van der Waals surface area contributed by atoms with Gasteiger partial charge >= 0.3 is 0 Å². The minimum atomic E-state index is -0.732. The third kappa shape index (κ3) is 3.05. The van der Waals surface area contributed by atoms with Gasteiger partial charge in [0.15, 0.2) is 0 Å². The number of carbonyl (C=O) groups excluding carboxylic acids is 1. The maximum absolute atomic E-state index is 14.3. The first-order chi connectivity index (χ1) is 15.3. The van der Waals surface area contributed by atoms with E-state index in [1.54, 1.807) is 24.3 Å². The molecule has 0 radical (unpaired) electrons. The van der Waals surface area contributed by atoms with Crippen molar-refractivity contribution in [2.45, 2.75) is 39.0 Å². The summed E-state index contributed by atoms with van der Waals surface area (Å²) in [5.41, 5.74) is 2.36. The average molecular weight is 433 g/mol. The molecule has 0 spiro atoms. The molecular formula is C24H21F2N5O. The Bertz CT molecular complexity index is 1390. The maximum atomic E-state index is 14.3. The van der Waals surface area contributed by atoms with Crippen LogP contribution < -0.4 is 5.32 Å². The van der Waals surface area contributed by atoms with E-state index in [1.807, 2.05) is 20.8 Å². The van der Waals surface area contributed by atoms with Crippen molar-refractivity contribution in [2.75, 3.05) is 5.32 Å². The van der Waals surface area contributed by atoms with Gasteiger partial charge in [0, 0.05) is 17.4 Å². The molecule has 0 unspecified atom stereocenters. The number of benzene rings is 2. The summed E-state index contributed by atoms with van der Waals surface area (Å²) in [5.74, 6) is -0.164. The van der Waals surface area contributed by atoms with E-state index < -0.39 is 11.2 Å². The molecule has 6 nitrogen and oxygen atoms in total. The molecule has 32 heavy (non-hydrogen) atoms. The van der Waals surface area contributed by atoms with Gasteiger partial charge in [0.1, 0.15) is 17.5 Å². The van der Waals surface area contributed by atoms with Crippen molar-refractivity contribution in [3.8, 4) is 5.95 Å². The Balaban J connectivity index is 1.70. The highest BCUT2D eigenvalue weighted by atomic mass is 19.1. The minimum absolute atomic E-state index is 0.138. The Morgan fingerprint density at radius 1 is 1.06 bits per heavy atom. The summed E-state index contributed by atoms with van der Waals surface area (Å²) in [5, 5.41) is 8.04. The summed E-state index contributed by atoms with van der Waals surface area (Å²) < 4.78 is 29.9. The monoisotopic (exact) mass is 433 g/mol. The summed E-state index contributed by atoms with van der Waals surface area (Å²) >= 11 is 0. The third-order valence-corrected chi connectivity index (χ3v) is 5.96. The van der Waals surface area contributed by atoms with Crippen LogP contribution in [0.15, 0.2) is 42.5 Å². The fourth-order valence-corrected chi connectivity index (χ4v) is 4.23. The molecule has 0 bridgehead atoms. The molecule has 2 aromatic carbocycles. The standard InChI is InChI=1S/C24H21F2N5O/c1-4-17-20-21(28-22(32)24(20,2)3)29-23(27-17)31-19-10-9-14(25)12-15(19)18(30-31)11-13-7-5-6-8-16(13)26/h5-10,12H,4,11H2,1-3H3,(H,27,28,29,32). The number of anilines is 1. The molecule has 162 valence electrons. The number of carbonyl (C=O) groups is 1. The van der Waals surface area contributed by atoms with Crippen molar-refractivity contribution >= 4 is 22.6 Å². The molecule has 1 aliphatic rings. The number of nitrogens with zero attached hydrogens (tertiary/aromatic N) is 4. The zero-order valence-corrected chi connectivity index (χ0v) is 17.9. The molecule has 3 heterocycles. The van der Waals surface area contributed by atoms with E-state index in [0.29, 0.717) is 34.4 Å². The van der Waals surface area contributed by atoms with Crippen LogP contribution in [-0.2, 0) is 23.1 Å². The summed E-state index contributed by atoms with van der Waals surface area (Å²) in [6, 6.07) is 10.8. The topological polar surface area (TPSA) is 72.7 Å². The van der Waals surface area contributed by atoms with Crippen LogP contribution in [0.1, 0.15) is 43.3 Å². The molecule has 8 heteroatoms. The Morgan fingerprint density at radius 3 is 2.59 bits per heavy atom. The number of amides is 1.